The number of hydrogen-bond acceptors (Lipinski definition) is 6. The molecule has 0 spiro atoms. The van der Waals surface area contributed by atoms with Gasteiger partial charge in [-0.05, 0) is 18.1 Å². The van der Waals surface area contributed by atoms with Crippen molar-refractivity contribution in [2.75, 3.05) is 6.61 Å². The first-order chi connectivity index (χ1) is 13.7. The number of aliphatic hydroxyl groups is 1. The number of aliphatic hydroxyl groups excluding tert-OH is 1. The molecule has 28 heavy (non-hydrogen) atoms. The molecule has 2 aliphatic heterocycles. The molecule has 2 aliphatic rings. The van der Waals surface area contributed by atoms with Gasteiger partial charge in [0.2, 0.25) is 0 Å². The summed E-state index contributed by atoms with van der Waals surface area (Å²) in [6.45, 7) is 2.93. The lowest BCUT2D eigenvalue weighted by atomic mass is 9.97. The summed E-state index contributed by atoms with van der Waals surface area (Å²) >= 11 is 0. The number of benzene rings is 2. The average molecular weight is 386 g/mol. The standard InChI is InChI=1S/C22H26O6/c1-15-24-14-18-19(27-15)20(25-12-16-8-4-2-5-9-16)21(22(23)28-18)26-13-17-10-6-3-7-11-17/h2-11,15,18-23H,12-14H2,1H3/t15?,18-,19+,20?,21?,22?/m0/s1. The summed E-state index contributed by atoms with van der Waals surface area (Å²) in [6.07, 6.45) is -3.41. The molecular formula is C22H26O6. The Hall–Kier alpha value is -1.80. The van der Waals surface area contributed by atoms with Gasteiger partial charge in [0, 0.05) is 0 Å². The summed E-state index contributed by atoms with van der Waals surface area (Å²) in [5.41, 5.74) is 2.06. The third-order valence-electron chi connectivity index (χ3n) is 5.02. The predicted octanol–water partition coefficient (Wildman–Crippen LogP) is 2.64. The molecule has 2 aromatic carbocycles. The van der Waals surface area contributed by atoms with Crippen LogP contribution in [0.4, 0.5) is 0 Å². The molecule has 6 atom stereocenters. The molecule has 6 heteroatoms. The summed E-state index contributed by atoms with van der Waals surface area (Å²) < 4.78 is 29.5. The minimum absolute atomic E-state index is 0.347. The lowest BCUT2D eigenvalue weighted by Gasteiger charge is -2.47. The maximum atomic E-state index is 10.6. The molecule has 1 N–H and O–H groups in total. The Morgan fingerprint density at radius 1 is 0.857 bits per heavy atom. The molecule has 150 valence electrons. The van der Waals surface area contributed by atoms with Crippen molar-refractivity contribution in [3.8, 4) is 0 Å². The lowest BCUT2D eigenvalue weighted by molar-refractivity contribution is -0.361. The van der Waals surface area contributed by atoms with Crippen molar-refractivity contribution in [2.45, 2.75) is 57.1 Å². The third-order valence-corrected chi connectivity index (χ3v) is 5.02. The molecule has 0 aliphatic carbocycles. The van der Waals surface area contributed by atoms with Crippen LogP contribution in [-0.2, 0) is 36.9 Å². The highest BCUT2D eigenvalue weighted by molar-refractivity contribution is 5.14. The molecule has 2 heterocycles. The van der Waals surface area contributed by atoms with Gasteiger partial charge in [-0.25, -0.2) is 0 Å². The Bertz CT molecular complexity index is 724. The van der Waals surface area contributed by atoms with Crippen molar-refractivity contribution >= 4 is 0 Å². The quantitative estimate of drug-likeness (QED) is 0.823. The van der Waals surface area contributed by atoms with E-state index in [1.807, 2.05) is 67.6 Å². The van der Waals surface area contributed by atoms with Crippen LogP contribution < -0.4 is 0 Å². The highest BCUT2D eigenvalue weighted by Gasteiger charge is 2.50. The first-order valence-electron chi connectivity index (χ1n) is 9.62. The highest BCUT2D eigenvalue weighted by Crippen LogP contribution is 2.32. The lowest BCUT2D eigenvalue weighted by Crippen LogP contribution is -2.63. The van der Waals surface area contributed by atoms with E-state index >= 15 is 0 Å². The molecule has 0 aromatic heterocycles. The number of rotatable bonds is 6. The molecule has 0 bridgehead atoms. The second-order valence-electron chi connectivity index (χ2n) is 7.09. The van der Waals surface area contributed by atoms with Crippen molar-refractivity contribution in [3.05, 3.63) is 71.8 Å². The Kier molecular flexibility index (Phi) is 6.36. The zero-order chi connectivity index (χ0) is 19.3. The van der Waals surface area contributed by atoms with Crippen LogP contribution in [0.5, 0.6) is 0 Å². The first-order valence-corrected chi connectivity index (χ1v) is 9.62. The molecule has 2 fully saturated rings. The first kappa shape index (κ1) is 19.5. The van der Waals surface area contributed by atoms with Gasteiger partial charge in [0.05, 0.1) is 19.8 Å². The van der Waals surface area contributed by atoms with Crippen LogP contribution in [0.2, 0.25) is 0 Å². The molecule has 0 saturated carbocycles. The van der Waals surface area contributed by atoms with Gasteiger partial charge >= 0.3 is 0 Å². The largest absolute Gasteiger partial charge is 0.368 e. The van der Waals surface area contributed by atoms with Crippen LogP contribution in [0.3, 0.4) is 0 Å². The van der Waals surface area contributed by atoms with Gasteiger partial charge in [0.15, 0.2) is 12.6 Å². The minimum Gasteiger partial charge on any atom is -0.368 e. The summed E-state index contributed by atoms with van der Waals surface area (Å²) in [4.78, 5) is 0. The van der Waals surface area contributed by atoms with Gasteiger partial charge in [-0.1, -0.05) is 60.7 Å². The van der Waals surface area contributed by atoms with Crippen molar-refractivity contribution in [2.24, 2.45) is 0 Å². The molecule has 4 unspecified atom stereocenters. The molecule has 2 saturated heterocycles. The summed E-state index contributed by atoms with van der Waals surface area (Å²) in [5.74, 6) is 0. The molecule has 6 nitrogen and oxygen atoms in total. The van der Waals surface area contributed by atoms with E-state index < -0.39 is 24.6 Å². The Morgan fingerprint density at radius 3 is 2.04 bits per heavy atom. The van der Waals surface area contributed by atoms with E-state index in [1.165, 1.54) is 0 Å². The molecular weight excluding hydrogens is 360 g/mol. The van der Waals surface area contributed by atoms with E-state index in [-0.39, 0.29) is 12.4 Å². The third kappa shape index (κ3) is 4.60. The van der Waals surface area contributed by atoms with Crippen molar-refractivity contribution in [1.82, 2.24) is 0 Å². The summed E-state index contributed by atoms with van der Waals surface area (Å²) in [5, 5.41) is 10.6. The van der Waals surface area contributed by atoms with Gasteiger partial charge in [-0.15, -0.1) is 0 Å². The van der Waals surface area contributed by atoms with Crippen LogP contribution in [-0.4, -0.2) is 48.7 Å². The maximum absolute atomic E-state index is 10.6. The van der Waals surface area contributed by atoms with Crippen molar-refractivity contribution in [1.29, 1.82) is 0 Å². The van der Waals surface area contributed by atoms with E-state index in [1.54, 1.807) is 0 Å². The van der Waals surface area contributed by atoms with Crippen molar-refractivity contribution < 1.29 is 28.8 Å². The molecule has 2 aromatic rings. The fraction of sp³-hybridized carbons (Fsp3) is 0.455. The topological polar surface area (TPSA) is 66.4 Å². The van der Waals surface area contributed by atoms with Gasteiger partial charge in [0.1, 0.15) is 24.4 Å². The second kappa shape index (κ2) is 9.13. The second-order valence-corrected chi connectivity index (χ2v) is 7.09. The number of ether oxygens (including phenoxy) is 5. The smallest absolute Gasteiger partial charge is 0.184 e. The number of fused-ring (bicyclic) bond motifs is 1. The fourth-order valence-corrected chi connectivity index (χ4v) is 3.59. The van der Waals surface area contributed by atoms with Crippen LogP contribution in [0, 0.1) is 0 Å². The van der Waals surface area contributed by atoms with Crippen LogP contribution >= 0.6 is 0 Å². The summed E-state index contributed by atoms with van der Waals surface area (Å²) in [7, 11) is 0. The minimum atomic E-state index is -1.12. The normalized spacial score (nSPS) is 32.6. The van der Waals surface area contributed by atoms with E-state index in [0.29, 0.717) is 19.8 Å². The zero-order valence-electron chi connectivity index (χ0n) is 15.8. The highest BCUT2D eigenvalue weighted by atomic mass is 16.7. The Labute approximate surface area is 164 Å². The SMILES string of the molecule is CC1OC[C@@H]2OC(O)C(OCc3ccccc3)C(OCc3ccccc3)[C@@H]2O1. The van der Waals surface area contributed by atoms with Gasteiger partial charge in [-0.2, -0.15) is 0 Å². The van der Waals surface area contributed by atoms with E-state index in [2.05, 4.69) is 0 Å². The fourth-order valence-electron chi connectivity index (χ4n) is 3.59. The van der Waals surface area contributed by atoms with Crippen LogP contribution in [0.25, 0.3) is 0 Å². The van der Waals surface area contributed by atoms with Crippen LogP contribution in [0.15, 0.2) is 60.7 Å². The Balaban J connectivity index is 1.50. The van der Waals surface area contributed by atoms with Crippen LogP contribution in [0.1, 0.15) is 18.1 Å². The van der Waals surface area contributed by atoms with Gasteiger partial charge < -0.3 is 28.8 Å². The van der Waals surface area contributed by atoms with Crippen molar-refractivity contribution in [3.63, 3.8) is 0 Å². The van der Waals surface area contributed by atoms with E-state index in [9.17, 15) is 5.11 Å². The predicted molar refractivity (Wildman–Crippen MR) is 101 cm³/mol. The molecule has 0 radical (unpaired) electrons. The van der Waals surface area contributed by atoms with Gasteiger partial charge in [-0.3, -0.25) is 0 Å². The van der Waals surface area contributed by atoms with E-state index in [0.717, 1.165) is 11.1 Å². The molecule has 4 rings (SSSR count). The summed E-state index contributed by atoms with van der Waals surface area (Å²) in [6, 6.07) is 19.7. The van der Waals surface area contributed by atoms with Gasteiger partial charge in [0.25, 0.3) is 0 Å². The Morgan fingerprint density at radius 2 is 1.43 bits per heavy atom. The zero-order valence-corrected chi connectivity index (χ0v) is 15.8. The maximum Gasteiger partial charge on any atom is 0.184 e. The van der Waals surface area contributed by atoms with E-state index in [4.69, 9.17) is 23.7 Å². The average Bonchev–Trinajstić information content (AvgIpc) is 2.73. The monoisotopic (exact) mass is 386 g/mol. The number of hydrogen-bond donors (Lipinski definition) is 1. The molecule has 0 amide bonds.